The highest BCUT2D eigenvalue weighted by molar-refractivity contribution is 5.95. The molecule has 7 nitrogen and oxygen atoms in total. The summed E-state index contributed by atoms with van der Waals surface area (Å²) < 4.78 is 0. The van der Waals surface area contributed by atoms with Crippen LogP contribution in [0, 0.1) is 10.1 Å². The van der Waals surface area contributed by atoms with Crippen LogP contribution in [0.5, 0.6) is 0 Å². The van der Waals surface area contributed by atoms with E-state index in [0.29, 0.717) is 31.5 Å². The highest BCUT2D eigenvalue weighted by Gasteiger charge is 2.24. The summed E-state index contributed by atoms with van der Waals surface area (Å²) >= 11 is 0. The molecular weight excluding hydrogens is 336 g/mol. The van der Waals surface area contributed by atoms with Crippen molar-refractivity contribution in [3.63, 3.8) is 0 Å². The van der Waals surface area contributed by atoms with Gasteiger partial charge in [-0.2, -0.15) is 0 Å². The lowest BCUT2D eigenvalue weighted by molar-refractivity contribution is -0.385. The Hall–Kier alpha value is -3.22. The number of amides is 1. The number of benzene rings is 2. The van der Waals surface area contributed by atoms with E-state index in [1.165, 1.54) is 6.07 Å². The minimum absolute atomic E-state index is 0.0519. The van der Waals surface area contributed by atoms with E-state index in [2.05, 4.69) is 0 Å². The number of carbonyl (C=O) groups is 2. The molecule has 1 aliphatic rings. The van der Waals surface area contributed by atoms with Crippen LogP contribution >= 0.6 is 0 Å². The van der Waals surface area contributed by atoms with Crippen LogP contribution in [0.25, 0.3) is 0 Å². The summed E-state index contributed by atoms with van der Waals surface area (Å²) in [4.78, 5) is 36.3. The van der Waals surface area contributed by atoms with Crippen molar-refractivity contribution in [2.75, 3.05) is 6.54 Å². The Morgan fingerprint density at radius 1 is 1.15 bits per heavy atom. The number of fused-ring (bicyclic) bond motifs is 1. The molecule has 0 spiro atoms. The highest BCUT2D eigenvalue weighted by Crippen LogP contribution is 2.25. The molecule has 134 valence electrons. The molecule has 7 heteroatoms. The fourth-order valence-corrected chi connectivity index (χ4v) is 3.21. The van der Waals surface area contributed by atoms with Crippen LogP contribution in [0.1, 0.15) is 44.3 Å². The quantitative estimate of drug-likeness (QED) is 0.672. The van der Waals surface area contributed by atoms with Crippen molar-refractivity contribution in [2.45, 2.75) is 26.3 Å². The molecule has 1 amide bonds. The van der Waals surface area contributed by atoms with Crippen molar-refractivity contribution < 1.29 is 19.6 Å². The molecule has 1 heterocycles. The van der Waals surface area contributed by atoms with Gasteiger partial charge >= 0.3 is 5.97 Å². The number of carboxylic acids is 1. The van der Waals surface area contributed by atoms with E-state index in [1.54, 1.807) is 35.2 Å². The molecule has 0 radical (unpaired) electrons. The summed E-state index contributed by atoms with van der Waals surface area (Å²) in [6, 6.07) is 9.47. The van der Waals surface area contributed by atoms with Crippen molar-refractivity contribution in [1.82, 2.24) is 4.90 Å². The molecule has 1 N–H and O–H groups in total. The van der Waals surface area contributed by atoms with Crippen LogP contribution in [0.2, 0.25) is 0 Å². The van der Waals surface area contributed by atoms with Crippen molar-refractivity contribution >= 4 is 17.6 Å². The Balaban J connectivity index is 1.88. The minimum atomic E-state index is -1.01. The molecule has 0 saturated heterocycles. The number of nitro benzene ring substituents is 1. The maximum Gasteiger partial charge on any atom is 0.335 e. The van der Waals surface area contributed by atoms with Gasteiger partial charge in [0.1, 0.15) is 0 Å². The Morgan fingerprint density at radius 2 is 1.88 bits per heavy atom. The molecule has 0 unspecified atom stereocenters. The number of nitro groups is 1. The van der Waals surface area contributed by atoms with Crippen LogP contribution in [-0.2, 0) is 19.4 Å². The van der Waals surface area contributed by atoms with Crippen molar-refractivity contribution in [3.8, 4) is 0 Å². The number of carboxylic acid groups (broad SMARTS) is 1. The SMILES string of the molecule is CCc1ccc(C(=O)N2CCc3ccc(C(=O)O)cc3C2)cc1[N+](=O)[O-]. The summed E-state index contributed by atoms with van der Waals surface area (Å²) in [5.74, 6) is -1.30. The second-order valence-corrected chi connectivity index (χ2v) is 6.22. The third-order valence-electron chi connectivity index (χ3n) is 4.66. The van der Waals surface area contributed by atoms with Gasteiger partial charge in [0.25, 0.3) is 11.6 Å². The summed E-state index contributed by atoms with van der Waals surface area (Å²) in [5, 5.41) is 20.3. The Morgan fingerprint density at radius 3 is 2.54 bits per heavy atom. The zero-order valence-corrected chi connectivity index (χ0v) is 14.3. The molecule has 0 bridgehead atoms. The monoisotopic (exact) mass is 354 g/mol. The number of nitrogens with zero attached hydrogens (tertiary/aromatic N) is 2. The third-order valence-corrected chi connectivity index (χ3v) is 4.66. The molecule has 0 aliphatic carbocycles. The largest absolute Gasteiger partial charge is 0.478 e. The molecule has 0 atom stereocenters. The average molecular weight is 354 g/mol. The number of hydrogen-bond donors (Lipinski definition) is 1. The Labute approximate surface area is 150 Å². The smallest absolute Gasteiger partial charge is 0.335 e. The van der Waals surface area contributed by atoms with Crippen LogP contribution in [-0.4, -0.2) is 33.4 Å². The maximum atomic E-state index is 12.8. The van der Waals surface area contributed by atoms with Gasteiger partial charge in [-0.15, -0.1) is 0 Å². The Kier molecular flexibility index (Phi) is 4.71. The molecule has 0 fully saturated rings. The fraction of sp³-hybridized carbons (Fsp3) is 0.263. The average Bonchev–Trinajstić information content (AvgIpc) is 2.65. The number of carbonyl (C=O) groups excluding carboxylic acids is 1. The lowest BCUT2D eigenvalue weighted by atomic mass is 9.96. The van der Waals surface area contributed by atoms with Gasteiger partial charge in [-0.1, -0.05) is 19.1 Å². The molecule has 2 aromatic carbocycles. The maximum absolute atomic E-state index is 12.8. The van der Waals surface area contributed by atoms with E-state index < -0.39 is 10.9 Å². The van der Waals surface area contributed by atoms with Crippen molar-refractivity contribution in [2.24, 2.45) is 0 Å². The first-order chi connectivity index (χ1) is 12.4. The first-order valence-corrected chi connectivity index (χ1v) is 8.32. The minimum Gasteiger partial charge on any atom is -0.478 e. The van der Waals surface area contributed by atoms with E-state index in [0.717, 1.165) is 11.1 Å². The highest BCUT2D eigenvalue weighted by atomic mass is 16.6. The number of aromatic carboxylic acids is 1. The fourth-order valence-electron chi connectivity index (χ4n) is 3.21. The van der Waals surface area contributed by atoms with E-state index in [-0.39, 0.29) is 22.7 Å². The molecule has 0 aromatic heterocycles. The third kappa shape index (κ3) is 3.28. The van der Waals surface area contributed by atoms with Gasteiger partial charge in [0.05, 0.1) is 10.5 Å². The van der Waals surface area contributed by atoms with Gasteiger partial charge in [0, 0.05) is 30.3 Å². The second kappa shape index (κ2) is 6.95. The van der Waals surface area contributed by atoms with Crippen LogP contribution in [0.4, 0.5) is 5.69 Å². The number of aryl methyl sites for hydroxylation is 1. The molecule has 2 aromatic rings. The molecule has 26 heavy (non-hydrogen) atoms. The molecule has 0 saturated carbocycles. The first kappa shape index (κ1) is 17.6. The van der Waals surface area contributed by atoms with E-state index >= 15 is 0 Å². The van der Waals surface area contributed by atoms with E-state index in [4.69, 9.17) is 5.11 Å². The van der Waals surface area contributed by atoms with Gasteiger partial charge in [0.15, 0.2) is 0 Å². The van der Waals surface area contributed by atoms with Gasteiger partial charge in [-0.05, 0) is 42.2 Å². The second-order valence-electron chi connectivity index (χ2n) is 6.22. The van der Waals surface area contributed by atoms with Crippen molar-refractivity contribution in [3.05, 3.63) is 74.3 Å². The number of hydrogen-bond acceptors (Lipinski definition) is 4. The predicted octanol–water partition coefficient (Wildman–Crippen LogP) is 3.05. The lowest BCUT2D eigenvalue weighted by Crippen LogP contribution is -2.36. The summed E-state index contributed by atoms with van der Waals surface area (Å²) in [7, 11) is 0. The number of rotatable bonds is 4. The topological polar surface area (TPSA) is 101 Å². The van der Waals surface area contributed by atoms with Gasteiger partial charge in [0.2, 0.25) is 0 Å². The van der Waals surface area contributed by atoms with Crippen LogP contribution in [0.3, 0.4) is 0 Å². The standard InChI is InChI=1S/C19H18N2O5/c1-2-12-3-5-14(10-17(12)21(25)26)18(22)20-8-7-13-4-6-15(19(23)24)9-16(13)11-20/h3-6,9-10H,2,7-8,11H2,1H3,(H,23,24). The predicted molar refractivity (Wildman–Crippen MR) is 94.3 cm³/mol. The molecular formula is C19H18N2O5. The molecule has 1 aliphatic heterocycles. The molecule has 3 rings (SSSR count). The summed E-state index contributed by atoms with van der Waals surface area (Å²) in [5.41, 5.74) is 2.80. The van der Waals surface area contributed by atoms with Crippen LogP contribution < -0.4 is 0 Å². The Bertz CT molecular complexity index is 907. The summed E-state index contributed by atoms with van der Waals surface area (Å²) in [6.45, 7) is 2.60. The normalized spacial score (nSPS) is 13.2. The van der Waals surface area contributed by atoms with Crippen LogP contribution in [0.15, 0.2) is 36.4 Å². The van der Waals surface area contributed by atoms with E-state index in [9.17, 15) is 19.7 Å². The van der Waals surface area contributed by atoms with Crippen molar-refractivity contribution in [1.29, 1.82) is 0 Å². The summed E-state index contributed by atoms with van der Waals surface area (Å²) in [6.07, 6.45) is 1.13. The van der Waals surface area contributed by atoms with E-state index in [1.807, 2.05) is 6.92 Å². The first-order valence-electron chi connectivity index (χ1n) is 8.32. The van der Waals surface area contributed by atoms with Gasteiger partial charge < -0.3 is 10.0 Å². The van der Waals surface area contributed by atoms with Gasteiger partial charge in [-0.3, -0.25) is 14.9 Å². The zero-order chi connectivity index (χ0) is 18.8. The lowest BCUT2D eigenvalue weighted by Gasteiger charge is -2.29. The zero-order valence-electron chi connectivity index (χ0n) is 14.3. The van der Waals surface area contributed by atoms with Gasteiger partial charge in [-0.25, -0.2) is 4.79 Å².